The van der Waals surface area contributed by atoms with Crippen molar-refractivity contribution in [1.82, 2.24) is 19.6 Å². The number of carbonyl (C=O) groups excluding carboxylic acids is 2. The second-order valence-electron chi connectivity index (χ2n) is 10.2. The fourth-order valence-corrected chi connectivity index (χ4v) is 5.29. The Hall–Kier alpha value is -3.76. The minimum atomic E-state index is -2.83. The number of aromatic nitrogens is 4. The average molecular weight is 731 g/mol. The summed E-state index contributed by atoms with van der Waals surface area (Å²) in [5.74, 6) is -1.40. The standard InChI is InChI=1S/C15H17F2N3O3.C11H9BrF2N2O2.C5H10O/c1-2-23-14(21)13-11-4-3-10(19-5-7-22-8-6-19)9-12(11)20(18-13)15(16)17;1-2-18-10(17)9-7-4-3-6(12)5-8(7)16(15-9)11(13)14;1-2-4-6-5-3-1/h3-4,9,15H,2,5-8H2,1H3;3-5,11H,2H2,1H3;1-5H2. The molecule has 256 valence electrons. The number of hydrogen-bond donors (Lipinski definition) is 0. The molecular formula is C31H36BrF4N5O6. The highest BCUT2D eigenvalue weighted by Crippen LogP contribution is 2.29. The number of halogens is 5. The highest BCUT2D eigenvalue weighted by Gasteiger charge is 2.24. The summed E-state index contributed by atoms with van der Waals surface area (Å²) in [6.07, 6.45) is 3.93. The molecule has 0 unspecified atom stereocenters. The van der Waals surface area contributed by atoms with E-state index in [1.54, 1.807) is 44.2 Å². The van der Waals surface area contributed by atoms with Crippen LogP contribution in [0.15, 0.2) is 40.9 Å². The lowest BCUT2D eigenvalue weighted by Crippen LogP contribution is -2.36. The molecule has 0 N–H and O–H groups in total. The Morgan fingerprint density at radius 3 is 1.70 bits per heavy atom. The minimum Gasteiger partial charge on any atom is -0.461 e. The van der Waals surface area contributed by atoms with Crippen molar-refractivity contribution in [1.29, 1.82) is 0 Å². The van der Waals surface area contributed by atoms with Gasteiger partial charge in [0.2, 0.25) is 0 Å². The quantitative estimate of drug-likeness (QED) is 0.147. The number of hydrogen-bond acceptors (Lipinski definition) is 9. The van der Waals surface area contributed by atoms with Crippen LogP contribution >= 0.6 is 15.9 Å². The van der Waals surface area contributed by atoms with E-state index in [4.69, 9.17) is 18.9 Å². The van der Waals surface area contributed by atoms with Crippen LogP contribution in [0.2, 0.25) is 0 Å². The molecular weight excluding hydrogens is 694 g/mol. The predicted molar refractivity (Wildman–Crippen MR) is 169 cm³/mol. The zero-order valence-corrected chi connectivity index (χ0v) is 27.6. The highest BCUT2D eigenvalue weighted by atomic mass is 79.9. The number of alkyl halides is 4. The van der Waals surface area contributed by atoms with Crippen LogP contribution in [0.25, 0.3) is 21.8 Å². The van der Waals surface area contributed by atoms with Gasteiger partial charge in [0.25, 0.3) is 0 Å². The van der Waals surface area contributed by atoms with E-state index in [0.29, 0.717) is 50.9 Å². The van der Waals surface area contributed by atoms with Gasteiger partial charge in [-0.1, -0.05) is 15.9 Å². The van der Waals surface area contributed by atoms with E-state index in [-0.39, 0.29) is 35.6 Å². The van der Waals surface area contributed by atoms with Crippen LogP contribution in [0.4, 0.5) is 23.2 Å². The molecule has 0 radical (unpaired) electrons. The highest BCUT2D eigenvalue weighted by molar-refractivity contribution is 9.10. The topological polar surface area (TPSA) is 110 Å². The Morgan fingerprint density at radius 2 is 1.26 bits per heavy atom. The number of benzene rings is 2. The Labute approximate surface area is 276 Å². The SMILES string of the molecule is C1CCOCC1.CCOC(=O)c1nn(C(F)F)c2cc(Br)ccc12.CCOC(=O)c1nn(C(F)F)c2cc(N3CCOCC3)ccc12. The van der Waals surface area contributed by atoms with Gasteiger partial charge in [0, 0.05) is 47.2 Å². The third-order valence-electron chi connectivity index (χ3n) is 7.12. The number of nitrogens with zero attached hydrogens (tertiary/aromatic N) is 5. The number of fused-ring (bicyclic) bond motifs is 2. The first-order valence-corrected chi connectivity index (χ1v) is 16.0. The van der Waals surface area contributed by atoms with Crippen molar-refractivity contribution < 1.29 is 46.1 Å². The molecule has 2 fully saturated rings. The molecule has 2 aliphatic heterocycles. The van der Waals surface area contributed by atoms with Crippen molar-refractivity contribution in [2.45, 2.75) is 46.2 Å². The molecule has 16 heteroatoms. The van der Waals surface area contributed by atoms with Crippen molar-refractivity contribution in [3.63, 3.8) is 0 Å². The second-order valence-corrected chi connectivity index (χ2v) is 11.1. The van der Waals surface area contributed by atoms with Gasteiger partial charge in [-0.3, -0.25) is 0 Å². The lowest BCUT2D eigenvalue weighted by molar-refractivity contribution is 0.0479. The maximum absolute atomic E-state index is 13.2. The maximum atomic E-state index is 13.2. The Bertz CT molecular complexity index is 1630. The summed E-state index contributed by atoms with van der Waals surface area (Å²) in [4.78, 5) is 25.6. The Balaban J connectivity index is 0.000000184. The molecule has 11 nitrogen and oxygen atoms in total. The van der Waals surface area contributed by atoms with Crippen LogP contribution < -0.4 is 4.90 Å². The number of carbonyl (C=O) groups is 2. The van der Waals surface area contributed by atoms with E-state index in [2.05, 4.69) is 31.0 Å². The van der Waals surface area contributed by atoms with Crippen molar-refractivity contribution >= 4 is 55.4 Å². The van der Waals surface area contributed by atoms with Gasteiger partial charge in [0.15, 0.2) is 11.4 Å². The van der Waals surface area contributed by atoms with Gasteiger partial charge in [0.05, 0.1) is 37.5 Å². The van der Waals surface area contributed by atoms with Crippen LogP contribution in [-0.2, 0) is 18.9 Å². The van der Waals surface area contributed by atoms with Crippen LogP contribution in [0.5, 0.6) is 0 Å². The Morgan fingerprint density at radius 1 is 0.766 bits per heavy atom. The zero-order chi connectivity index (χ0) is 33.9. The van der Waals surface area contributed by atoms with Gasteiger partial charge in [-0.05, 0) is 69.5 Å². The molecule has 2 aromatic carbocycles. The summed E-state index contributed by atoms with van der Waals surface area (Å²) in [6, 6.07) is 9.76. The third kappa shape index (κ3) is 9.20. The lowest BCUT2D eigenvalue weighted by atomic mass is 10.1. The molecule has 2 aromatic heterocycles. The fraction of sp³-hybridized carbons (Fsp3) is 0.484. The molecule has 0 spiro atoms. The van der Waals surface area contributed by atoms with Gasteiger partial charge >= 0.3 is 25.0 Å². The number of morpholine rings is 1. The van der Waals surface area contributed by atoms with E-state index < -0.39 is 25.0 Å². The number of rotatable bonds is 7. The van der Waals surface area contributed by atoms with Crippen molar-refractivity contribution in [2.24, 2.45) is 0 Å². The predicted octanol–water partition coefficient (Wildman–Crippen LogP) is 7.00. The van der Waals surface area contributed by atoms with E-state index in [0.717, 1.165) is 18.9 Å². The molecule has 2 aliphatic rings. The van der Waals surface area contributed by atoms with Crippen molar-refractivity contribution in [3.05, 3.63) is 52.3 Å². The fourth-order valence-electron chi connectivity index (χ4n) is 4.94. The van der Waals surface area contributed by atoms with E-state index >= 15 is 0 Å². The number of esters is 2. The summed E-state index contributed by atoms with van der Waals surface area (Å²) in [5.41, 5.74) is 1.02. The van der Waals surface area contributed by atoms with Crippen LogP contribution in [0.1, 0.15) is 67.2 Å². The third-order valence-corrected chi connectivity index (χ3v) is 7.61. The monoisotopic (exact) mass is 729 g/mol. The first kappa shape index (κ1) is 36.1. The average Bonchev–Trinajstić information content (AvgIpc) is 3.66. The minimum absolute atomic E-state index is 0.0873. The van der Waals surface area contributed by atoms with Gasteiger partial charge in [-0.2, -0.15) is 27.8 Å². The number of ether oxygens (including phenoxy) is 4. The number of anilines is 1. The normalized spacial score (nSPS) is 14.9. The first-order chi connectivity index (χ1) is 22.7. The van der Waals surface area contributed by atoms with Crippen LogP contribution in [0, 0.1) is 0 Å². The van der Waals surface area contributed by atoms with E-state index in [9.17, 15) is 27.2 Å². The molecule has 0 amide bonds. The molecule has 6 rings (SSSR count). The molecule has 4 heterocycles. The summed E-state index contributed by atoms with van der Waals surface area (Å²) in [5, 5.41) is 8.07. The van der Waals surface area contributed by atoms with Gasteiger partial charge < -0.3 is 23.8 Å². The summed E-state index contributed by atoms with van der Waals surface area (Å²) < 4.78 is 73.9. The molecule has 0 saturated carbocycles. The maximum Gasteiger partial charge on any atom is 0.359 e. The largest absolute Gasteiger partial charge is 0.461 e. The van der Waals surface area contributed by atoms with E-state index in [1.165, 1.54) is 25.3 Å². The smallest absolute Gasteiger partial charge is 0.359 e. The summed E-state index contributed by atoms with van der Waals surface area (Å²) >= 11 is 3.19. The lowest BCUT2D eigenvalue weighted by Gasteiger charge is -2.28. The van der Waals surface area contributed by atoms with E-state index in [1.807, 2.05) is 0 Å². The molecule has 4 aromatic rings. The summed E-state index contributed by atoms with van der Waals surface area (Å²) in [6.45, 7) is 2.55. The second kappa shape index (κ2) is 17.4. The molecule has 47 heavy (non-hydrogen) atoms. The zero-order valence-electron chi connectivity index (χ0n) is 26.0. The molecule has 0 atom stereocenters. The summed E-state index contributed by atoms with van der Waals surface area (Å²) in [7, 11) is 0. The molecule has 2 saturated heterocycles. The van der Waals surface area contributed by atoms with Crippen molar-refractivity contribution in [3.8, 4) is 0 Å². The van der Waals surface area contributed by atoms with Gasteiger partial charge in [-0.15, -0.1) is 0 Å². The Kier molecular flexibility index (Phi) is 13.4. The molecule has 0 bridgehead atoms. The van der Waals surface area contributed by atoms with Gasteiger partial charge in [0.1, 0.15) is 0 Å². The molecule has 0 aliphatic carbocycles. The van der Waals surface area contributed by atoms with Crippen molar-refractivity contribution in [2.75, 3.05) is 57.6 Å². The van der Waals surface area contributed by atoms with Crippen LogP contribution in [-0.4, -0.2) is 84.2 Å². The van der Waals surface area contributed by atoms with Crippen LogP contribution in [0.3, 0.4) is 0 Å². The first-order valence-electron chi connectivity index (χ1n) is 15.2. The van der Waals surface area contributed by atoms with Gasteiger partial charge in [-0.25, -0.2) is 19.0 Å².